The van der Waals surface area contributed by atoms with Crippen molar-refractivity contribution in [3.63, 3.8) is 0 Å². The number of amides is 1. The lowest BCUT2D eigenvalue weighted by atomic mass is 9.98. The van der Waals surface area contributed by atoms with Gasteiger partial charge >= 0.3 is 0 Å². The second-order valence-corrected chi connectivity index (χ2v) is 6.97. The summed E-state index contributed by atoms with van der Waals surface area (Å²) in [5.74, 6) is -0.258. The molecule has 1 aliphatic heterocycles. The van der Waals surface area contributed by atoms with E-state index in [1.165, 1.54) is 12.1 Å². The van der Waals surface area contributed by atoms with Crippen molar-refractivity contribution in [3.05, 3.63) is 24.0 Å². The first kappa shape index (κ1) is 16.6. The molecule has 5 nitrogen and oxygen atoms in total. The molecule has 1 heterocycles. The van der Waals surface area contributed by atoms with Crippen LogP contribution in [0.3, 0.4) is 0 Å². The van der Waals surface area contributed by atoms with Crippen molar-refractivity contribution in [1.82, 2.24) is 5.32 Å². The summed E-state index contributed by atoms with van der Waals surface area (Å²) in [6, 6.07) is 6.92. The van der Waals surface area contributed by atoms with Gasteiger partial charge in [0.15, 0.2) is 0 Å². The van der Waals surface area contributed by atoms with E-state index in [4.69, 9.17) is 0 Å². The van der Waals surface area contributed by atoms with E-state index in [9.17, 15) is 14.4 Å². The number of benzene rings is 1. The summed E-state index contributed by atoms with van der Waals surface area (Å²) < 4.78 is 13.7. The summed E-state index contributed by atoms with van der Waals surface area (Å²) >= 11 is 0. The van der Waals surface area contributed by atoms with E-state index in [-0.39, 0.29) is 24.2 Å². The van der Waals surface area contributed by atoms with Crippen LogP contribution in [0, 0.1) is 23.1 Å². The minimum atomic E-state index is -0.801. The molecule has 2 aliphatic rings. The van der Waals surface area contributed by atoms with E-state index in [0.29, 0.717) is 6.54 Å². The van der Waals surface area contributed by atoms with Gasteiger partial charge in [-0.2, -0.15) is 5.26 Å². The molecule has 1 N–H and O–H groups in total. The predicted molar refractivity (Wildman–Crippen MR) is 91.4 cm³/mol. The highest BCUT2D eigenvalue weighted by molar-refractivity contribution is 5.84. The zero-order valence-electron chi connectivity index (χ0n) is 14.2. The maximum atomic E-state index is 13.7. The summed E-state index contributed by atoms with van der Waals surface area (Å²) in [6.07, 6.45) is 2.85. The Labute approximate surface area is 142 Å². The molecule has 1 amide bonds. The lowest BCUT2D eigenvalue weighted by Crippen LogP contribution is -2.50. The van der Waals surface area contributed by atoms with E-state index < -0.39 is 5.54 Å². The Hall–Kier alpha value is -2.29. The third-order valence-corrected chi connectivity index (χ3v) is 4.97. The van der Waals surface area contributed by atoms with Crippen molar-refractivity contribution in [2.24, 2.45) is 5.92 Å². The molecule has 3 rings (SSSR count). The first-order valence-corrected chi connectivity index (χ1v) is 8.41. The van der Waals surface area contributed by atoms with Crippen LogP contribution in [0.1, 0.15) is 26.2 Å². The van der Waals surface area contributed by atoms with Crippen molar-refractivity contribution in [2.75, 3.05) is 36.5 Å². The number of anilines is 2. The van der Waals surface area contributed by atoms with E-state index in [1.807, 2.05) is 11.9 Å². The molecule has 1 atom stereocenters. The van der Waals surface area contributed by atoms with Gasteiger partial charge in [0.05, 0.1) is 24.0 Å². The molecular formula is C18H23FN4O. The largest absolute Gasteiger partial charge is 0.373 e. The Kier molecular flexibility index (Phi) is 4.35. The molecule has 1 aromatic carbocycles. The number of halogens is 1. The van der Waals surface area contributed by atoms with Gasteiger partial charge < -0.3 is 15.1 Å². The number of nitriles is 1. The van der Waals surface area contributed by atoms with Gasteiger partial charge in [-0.05, 0) is 50.3 Å². The zero-order valence-corrected chi connectivity index (χ0v) is 14.2. The monoisotopic (exact) mass is 330 g/mol. The molecule has 0 spiro atoms. The summed E-state index contributed by atoms with van der Waals surface area (Å²) in [7, 11) is 1.97. The molecule has 1 aliphatic carbocycles. The van der Waals surface area contributed by atoms with Gasteiger partial charge in [0.1, 0.15) is 11.4 Å². The molecule has 0 unspecified atom stereocenters. The van der Waals surface area contributed by atoms with Gasteiger partial charge in [0, 0.05) is 20.1 Å². The Morgan fingerprint density at radius 3 is 2.83 bits per heavy atom. The van der Waals surface area contributed by atoms with Crippen molar-refractivity contribution in [2.45, 2.75) is 31.7 Å². The van der Waals surface area contributed by atoms with Crippen LogP contribution >= 0.6 is 0 Å². The van der Waals surface area contributed by atoms with Gasteiger partial charge in [0.25, 0.3) is 0 Å². The normalized spacial score (nSPS) is 19.8. The highest BCUT2D eigenvalue weighted by atomic mass is 19.1. The Morgan fingerprint density at radius 2 is 2.17 bits per heavy atom. The predicted octanol–water partition coefficient (Wildman–Crippen LogP) is 2.28. The molecule has 0 aromatic heterocycles. The molecule has 1 saturated carbocycles. The summed E-state index contributed by atoms with van der Waals surface area (Å²) in [4.78, 5) is 16.5. The number of hydrogen-bond donors (Lipinski definition) is 1. The Balaban J connectivity index is 1.77. The van der Waals surface area contributed by atoms with Gasteiger partial charge in [-0.15, -0.1) is 0 Å². The number of nitrogens with one attached hydrogen (secondary N) is 1. The fourth-order valence-corrected chi connectivity index (χ4v) is 3.36. The highest BCUT2D eigenvalue weighted by Crippen LogP contribution is 2.39. The minimum absolute atomic E-state index is 0.133. The molecule has 24 heavy (non-hydrogen) atoms. The molecule has 0 bridgehead atoms. The molecule has 6 heteroatoms. The zero-order chi connectivity index (χ0) is 17.3. The van der Waals surface area contributed by atoms with Crippen LogP contribution < -0.4 is 15.1 Å². The SMILES string of the molecule is CN1CCCN(CC(=O)N[C@](C)(C#N)C2CC2)c2cc(F)ccc21. The van der Waals surface area contributed by atoms with Gasteiger partial charge in [-0.1, -0.05) is 0 Å². The summed E-state index contributed by atoms with van der Waals surface area (Å²) in [5, 5.41) is 12.3. The van der Waals surface area contributed by atoms with Crippen LogP contribution in [0.5, 0.6) is 0 Å². The molecule has 0 saturated heterocycles. The third-order valence-electron chi connectivity index (χ3n) is 4.97. The van der Waals surface area contributed by atoms with E-state index in [0.717, 1.165) is 37.2 Å². The van der Waals surface area contributed by atoms with Crippen molar-refractivity contribution in [3.8, 4) is 6.07 Å². The van der Waals surface area contributed by atoms with Crippen LogP contribution in [0.2, 0.25) is 0 Å². The molecule has 0 radical (unpaired) electrons. The first-order valence-electron chi connectivity index (χ1n) is 8.41. The maximum Gasteiger partial charge on any atom is 0.240 e. The third kappa shape index (κ3) is 3.30. The lowest BCUT2D eigenvalue weighted by molar-refractivity contribution is -0.121. The van der Waals surface area contributed by atoms with Crippen molar-refractivity contribution < 1.29 is 9.18 Å². The van der Waals surface area contributed by atoms with Crippen LogP contribution in [-0.4, -0.2) is 38.1 Å². The van der Waals surface area contributed by atoms with E-state index in [1.54, 1.807) is 13.0 Å². The lowest BCUT2D eigenvalue weighted by Gasteiger charge is -2.28. The van der Waals surface area contributed by atoms with E-state index >= 15 is 0 Å². The number of carbonyl (C=O) groups is 1. The minimum Gasteiger partial charge on any atom is -0.373 e. The fourth-order valence-electron chi connectivity index (χ4n) is 3.36. The maximum absolute atomic E-state index is 13.7. The smallest absolute Gasteiger partial charge is 0.240 e. The molecule has 128 valence electrons. The average Bonchev–Trinajstić information content (AvgIpc) is 3.38. The number of carbonyl (C=O) groups excluding carboxylic acids is 1. The van der Waals surface area contributed by atoms with Crippen LogP contribution in [0.25, 0.3) is 0 Å². The number of rotatable bonds is 4. The molecular weight excluding hydrogens is 307 g/mol. The average molecular weight is 330 g/mol. The van der Waals surface area contributed by atoms with Gasteiger partial charge in [0.2, 0.25) is 5.91 Å². The second-order valence-electron chi connectivity index (χ2n) is 6.97. The van der Waals surface area contributed by atoms with Crippen LogP contribution in [0.15, 0.2) is 18.2 Å². The summed E-state index contributed by atoms with van der Waals surface area (Å²) in [5.41, 5.74) is 0.854. The van der Waals surface area contributed by atoms with Crippen molar-refractivity contribution >= 4 is 17.3 Å². The molecule has 1 aromatic rings. The van der Waals surface area contributed by atoms with Gasteiger partial charge in [-0.25, -0.2) is 4.39 Å². The standard InChI is InChI=1S/C18H23FN4O/c1-18(12-20,13-4-5-13)21-17(24)11-23-9-3-8-22(2)15-7-6-14(19)10-16(15)23/h6-7,10,13H,3-5,8-9,11H2,1-2H3,(H,21,24)/t18-/m1/s1. The topological polar surface area (TPSA) is 59.4 Å². The first-order chi connectivity index (χ1) is 11.4. The number of fused-ring (bicyclic) bond motifs is 1. The van der Waals surface area contributed by atoms with Crippen LogP contribution in [-0.2, 0) is 4.79 Å². The molecule has 1 fully saturated rings. The van der Waals surface area contributed by atoms with E-state index in [2.05, 4.69) is 16.3 Å². The van der Waals surface area contributed by atoms with Crippen molar-refractivity contribution in [1.29, 1.82) is 5.26 Å². The van der Waals surface area contributed by atoms with Gasteiger partial charge in [-0.3, -0.25) is 4.79 Å². The quantitative estimate of drug-likeness (QED) is 0.920. The Bertz CT molecular complexity index is 682. The van der Waals surface area contributed by atoms with Crippen LogP contribution in [0.4, 0.5) is 15.8 Å². The highest BCUT2D eigenvalue weighted by Gasteiger charge is 2.43. The number of nitrogens with zero attached hydrogens (tertiary/aromatic N) is 3. The fraction of sp³-hybridized carbons (Fsp3) is 0.556. The summed E-state index contributed by atoms with van der Waals surface area (Å²) in [6.45, 7) is 3.45. The Morgan fingerprint density at radius 1 is 1.42 bits per heavy atom. The second kappa shape index (κ2) is 6.31. The number of hydrogen-bond acceptors (Lipinski definition) is 4.